The van der Waals surface area contributed by atoms with Gasteiger partial charge in [-0.25, -0.2) is 4.79 Å². The number of benzene rings is 1. The summed E-state index contributed by atoms with van der Waals surface area (Å²) >= 11 is 3.57. The van der Waals surface area contributed by atoms with Gasteiger partial charge in [0.15, 0.2) is 0 Å². The maximum absolute atomic E-state index is 11.6. The number of likely N-dealkylation sites (tertiary alicyclic amines) is 1. The number of halogens is 1. The first-order valence-corrected chi connectivity index (χ1v) is 8.56. The summed E-state index contributed by atoms with van der Waals surface area (Å²) in [4.78, 5) is 13.3. The first kappa shape index (κ1) is 15.7. The fourth-order valence-corrected chi connectivity index (χ4v) is 4.31. The number of carbonyl (C=O) groups is 1. The third-order valence-electron chi connectivity index (χ3n) is 5.21. The van der Waals surface area contributed by atoms with Crippen LogP contribution in [0.2, 0.25) is 0 Å². The number of rotatable bonds is 0. The smallest absolute Gasteiger partial charge is 0.407 e. The van der Waals surface area contributed by atoms with Crippen LogP contribution < -0.4 is 5.32 Å². The lowest BCUT2D eigenvalue weighted by atomic mass is 9.67. The van der Waals surface area contributed by atoms with Crippen molar-refractivity contribution >= 4 is 27.7 Å². The molecule has 1 saturated heterocycles. The summed E-state index contributed by atoms with van der Waals surface area (Å²) in [7, 11) is 0. The summed E-state index contributed by atoms with van der Waals surface area (Å²) in [5.74, 6) is 0. The Labute approximate surface area is 140 Å². The monoisotopic (exact) mass is 366 g/mol. The van der Waals surface area contributed by atoms with Gasteiger partial charge in [-0.1, -0.05) is 36.7 Å². The molecule has 2 heterocycles. The second kappa shape index (κ2) is 5.15. The molecule has 1 aromatic rings. The highest BCUT2D eigenvalue weighted by molar-refractivity contribution is 9.10. The van der Waals surface area contributed by atoms with Gasteiger partial charge in [0.25, 0.3) is 0 Å². The summed E-state index contributed by atoms with van der Waals surface area (Å²) in [5.41, 5.74) is 2.50. The number of nitrogens with zero attached hydrogens (tertiary/aromatic N) is 1. The molecule has 22 heavy (non-hydrogen) atoms. The molecule has 0 saturated carbocycles. The number of hydrogen-bond donors (Lipinski definition) is 2. The normalized spacial score (nSPS) is 27.6. The number of anilines is 1. The van der Waals surface area contributed by atoms with Crippen LogP contribution in [-0.4, -0.2) is 35.2 Å². The molecule has 0 aliphatic carbocycles. The van der Waals surface area contributed by atoms with Gasteiger partial charge in [-0.3, -0.25) is 0 Å². The van der Waals surface area contributed by atoms with E-state index in [-0.39, 0.29) is 16.9 Å². The summed E-state index contributed by atoms with van der Waals surface area (Å²) in [5, 5.41) is 13.1. The Morgan fingerprint density at radius 2 is 2.18 bits per heavy atom. The topological polar surface area (TPSA) is 52.6 Å². The van der Waals surface area contributed by atoms with Gasteiger partial charge in [-0.15, -0.1) is 0 Å². The Kier molecular flexibility index (Phi) is 3.67. The van der Waals surface area contributed by atoms with Crippen LogP contribution in [-0.2, 0) is 5.41 Å². The molecule has 2 aliphatic heterocycles. The van der Waals surface area contributed by atoms with Crippen molar-refractivity contribution < 1.29 is 9.90 Å². The third kappa shape index (κ3) is 2.49. The minimum absolute atomic E-state index is 0.0329. The lowest BCUT2D eigenvalue weighted by Crippen LogP contribution is -2.56. The number of nitrogens with one attached hydrogen (secondary N) is 1. The predicted octanol–water partition coefficient (Wildman–Crippen LogP) is 4.30. The average molecular weight is 367 g/mol. The molecule has 2 atom stereocenters. The Bertz CT molecular complexity index is 611. The minimum atomic E-state index is -0.796. The van der Waals surface area contributed by atoms with Crippen molar-refractivity contribution in [2.75, 3.05) is 18.4 Å². The molecule has 1 fully saturated rings. The SMILES string of the molecule is CC(C)(C)C1CC2(CCN1C(=O)O)CNc1ccc(Br)cc12. The highest BCUT2D eigenvalue weighted by atomic mass is 79.9. The molecule has 2 aliphatic rings. The lowest BCUT2D eigenvalue weighted by molar-refractivity contribution is 0.0341. The van der Waals surface area contributed by atoms with E-state index in [1.165, 1.54) is 11.3 Å². The molecular weight excluding hydrogens is 344 g/mol. The zero-order valence-electron chi connectivity index (χ0n) is 13.3. The fourth-order valence-electron chi connectivity index (χ4n) is 3.95. The highest BCUT2D eigenvalue weighted by Crippen LogP contribution is 2.49. The number of hydrogen-bond acceptors (Lipinski definition) is 2. The van der Waals surface area contributed by atoms with E-state index >= 15 is 0 Å². The van der Waals surface area contributed by atoms with Gasteiger partial charge < -0.3 is 15.3 Å². The molecule has 2 unspecified atom stereocenters. The quantitative estimate of drug-likeness (QED) is 0.719. The van der Waals surface area contributed by atoms with Crippen LogP contribution in [0.4, 0.5) is 10.5 Å². The molecule has 120 valence electrons. The van der Waals surface area contributed by atoms with E-state index in [9.17, 15) is 9.90 Å². The van der Waals surface area contributed by atoms with Gasteiger partial charge in [-0.05, 0) is 42.0 Å². The van der Waals surface area contributed by atoms with E-state index in [2.05, 4.69) is 60.2 Å². The largest absolute Gasteiger partial charge is 0.465 e. The van der Waals surface area contributed by atoms with Crippen molar-refractivity contribution in [3.8, 4) is 0 Å². The van der Waals surface area contributed by atoms with Crippen LogP contribution in [0.5, 0.6) is 0 Å². The van der Waals surface area contributed by atoms with E-state index in [1.54, 1.807) is 4.90 Å². The van der Waals surface area contributed by atoms with E-state index in [1.807, 2.05) is 0 Å². The van der Waals surface area contributed by atoms with E-state index < -0.39 is 6.09 Å². The van der Waals surface area contributed by atoms with E-state index in [0.29, 0.717) is 6.54 Å². The molecule has 0 aromatic heterocycles. The Hall–Kier alpha value is -1.23. The van der Waals surface area contributed by atoms with Crippen LogP contribution in [0.15, 0.2) is 22.7 Å². The lowest BCUT2D eigenvalue weighted by Gasteiger charge is -2.49. The molecule has 1 amide bonds. The predicted molar refractivity (Wildman–Crippen MR) is 91.5 cm³/mol. The highest BCUT2D eigenvalue weighted by Gasteiger charge is 2.49. The van der Waals surface area contributed by atoms with Gasteiger partial charge in [0.1, 0.15) is 0 Å². The molecule has 0 bridgehead atoms. The van der Waals surface area contributed by atoms with Gasteiger partial charge in [0.2, 0.25) is 0 Å². The van der Waals surface area contributed by atoms with Crippen molar-refractivity contribution in [1.82, 2.24) is 4.90 Å². The summed E-state index contributed by atoms with van der Waals surface area (Å²) in [6, 6.07) is 6.40. The van der Waals surface area contributed by atoms with Crippen molar-refractivity contribution in [2.45, 2.75) is 45.1 Å². The number of piperidine rings is 1. The standard InChI is InChI=1S/C17H23BrN2O2/c1-16(2,3)14-9-17(6-7-20(14)15(21)22)10-19-13-5-4-11(18)8-12(13)17/h4-5,8,14,19H,6-7,9-10H2,1-3H3,(H,21,22). The summed E-state index contributed by atoms with van der Waals surface area (Å²) in [6.45, 7) is 7.91. The van der Waals surface area contributed by atoms with Crippen LogP contribution >= 0.6 is 15.9 Å². The molecule has 2 N–H and O–H groups in total. The molecule has 4 nitrogen and oxygen atoms in total. The molecule has 5 heteroatoms. The first-order chi connectivity index (χ1) is 10.2. The third-order valence-corrected chi connectivity index (χ3v) is 5.70. The number of fused-ring (bicyclic) bond motifs is 2. The number of carboxylic acid groups (broad SMARTS) is 1. The summed E-state index contributed by atoms with van der Waals surface area (Å²) in [6.07, 6.45) is 0.955. The zero-order valence-corrected chi connectivity index (χ0v) is 14.9. The average Bonchev–Trinajstić information content (AvgIpc) is 2.76. The van der Waals surface area contributed by atoms with Crippen LogP contribution in [0.3, 0.4) is 0 Å². The molecule has 3 rings (SSSR count). The molecule has 1 spiro atoms. The Morgan fingerprint density at radius 1 is 1.45 bits per heavy atom. The second-order valence-electron chi connectivity index (χ2n) is 7.64. The van der Waals surface area contributed by atoms with Gasteiger partial charge in [0.05, 0.1) is 0 Å². The van der Waals surface area contributed by atoms with E-state index in [4.69, 9.17) is 0 Å². The van der Waals surface area contributed by atoms with Crippen LogP contribution in [0.25, 0.3) is 0 Å². The molecule has 0 radical (unpaired) electrons. The van der Waals surface area contributed by atoms with Crippen molar-refractivity contribution in [3.63, 3.8) is 0 Å². The van der Waals surface area contributed by atoms with Crippen LogP contribution in [0.1, 0.15) is 39.2 Å². The fraction of sp³-hybridized carbons (Fsp3) is 0.588. The van der Waals surface area contributed by atoms with Crippen molar-refractivity contribution in [1.29, 1.82) is 0 Å². The Morgan fingerprint density at radius 3 is 2.82 bits per heavy atom. The maximum atomic E-state index is 11.6. The van der Waals surface area contributed by atoms with E-state index in [0.717, 1.165) is 23.9 Å². The van der Waals surface area contributed by atoms with Gasteiger partial charge >= 0.3 is 6.09 Å². The first-order valence-electron chi connectivity index (χ1n) is 7.76. The maximum Gasteiger partial charge on any atom is 0.407 e. The second-order valence-corrected chi connectivity index (χ2v) is 8.55. The summed E-state index contributed by atoms with van der Waals surface area (Å²) < 4.78 is 1.09. The number of amides is 1. The zero-order chi connectivity index (χ0) is 16.1. The van der Waals surface area contributed by atoms with Crippen LogP contribution in [0, 0.1) is 5.41 Å². The Balaban J connectivity index is 1.99. The van der Waals surface area contributed by atoms with Crippen molar-refractivity contribution in [3.05, 3.63) is 28.2 Å². The molecular formula is C17H23BrN2O2. The van der Waals surface area contributed by atoms with Gasteiger partial charge in [0, 0.05) is 34.7 Å². The van der Waals surface area contributed by atoms with Gasteiger partial charge in [-0.2, -0.15) is 0 Å². The molecule has 1 aromatic carbocycles. The minimum Gasteiger partial charge on any atom is -0.465 e. The van der Waals surface area contributed by atoms with Crippen molar-refractivity contribution in [2.24, 2.45) is 5.41 Å².